The third-order valence-corrected chi connectivity index (χ3v) is 5.99. The number of fused-ring (bicyclic) bond motifs is 1. The van der Waals surface area contributed by atoms with Gasteiger partial charge in [-0.15, -0.1) is 0 Å². The average Bonchev–Trinajstić information content (AvgIpc) is 3.13. The fourth-order valence-corrected chi connectivity index (χ4v) is 4.44. The maximum absolute atomic E-state index is 13.9. The Morgan fingerprint density at radius 3 is 2.97 bits per heavy atom. The number of carboxylic acids is 1. The Balaban J connectivity index is 1.56. The van der Waals surface area contributed by atoms with Crippen LogP contribution < -0.4 is 5.73 Å². The van der Waals surface area contributed by atoms with E-state index in [4.69, 9.17) is 20.0 Å². The molecule has 3 N–H and O–H groups in total. The van der Waals surface area contributed by atoms with Gasteiger partial charge < -0.3 is 20.0 Å². The first-order valence-corrected chi connectivity index (χ1v) is 11.0. The fraction of sp³-hybridized carbons (Fsp3) is 0.346. The van der Waals surface area contributed by atoms with E-state index in [0.717, 1.165) is 47.1 Å². The third kappa shape index (κ3) is 5.37. The van der Waals surface area contributed by atoms with Gasteiger partial charge in [0.25, 0.3) is 6.01 Å². The molecular weight excluding hydrogens is 409 g/mol. The summed E-state index contributed by atoms with van der Waals surface area (Å²) < 4.78 is 25.4. The van der Waals surface area contributed by atoms with Gasteiger partial charge in [0.15, 0.2) is 0 Å². The van der Waals surface area contributed by atoms with Gasteiger partial charge in [-0.05, 0) is 67.0 Å². The highest BCUT2D eigenvalue weighted by Gasteiger charge is 2.23. The summed E-state index contributed by atoms with van der Waals surface area (Å²) in [6.45, 7) is 0.898. The van der Waals surface area contributed by atoms with E-state index in [9.17, 15) is 9.18 Å². The molecule has 0 fully saturated rings. The van der Waals surface area contributed by atoms with Crippen LogP contribution in [0.5, 0.6) is 0 Å². The third-order valence-electron chi connectivity index (χ3n) is 5.99. The number of nitrogens with two attached hydrogens (primary N) is 1. The van der Waals surface area contributed by atoms with Gasteiger partial charge in [0.1, 0.15) is 12.2 Å². The molecule has 0 radical (unpaired) electrons. The highest BCUT2D eigenvalue weighted by molar-refractivity contribution is 5.82. The predicted octanol–water partition coefficient (Wildman–Crippen LogP) is 5.73. The molecule has 0 spiro atoms. The number of carboxylic acid groups (broad SMARTS) is 1. The summed E-state index contributed by atoms with van der Waals surface area (Å²) in [5, 5.41) is 9.86. The van der Waals surface area contributed by atoms with Gasteiger partial charge in [-0.25, -0.2) is 0 Å². The monoisotopic (exact) mass is 437 g/mol. The maximum Gasteiger partial charge on any atom is 0.307 e. The minimum absolute atomic E-state index is 0.0209. The zero-order valence-corrected chi connectivity index (χ0v) is 17.9. The Bertz CT molecular complexity index is 1110. The molecule has 2 aromatic rings. The zero-order valence-electron chi connectivity index (χ0n) is 17.9. The Kier molecular flexibility index (Phi) is 6.90. The largest absolute Gasteiger partial charge is 0.493 e. The average molecular weight is 438 g/mol. The number of benzene rings is 1. The SMILES string of the molecule is NCC1C=CCC(c2cc(CO/C3=C/C/C=C\C=C(\CC(=O)O)C3)cc3cc(F)oc23)C1. The van der Waals surface area contributed by atoms with E-state index in [1.807, 2.05) is 36.4 Å². The minimum atomic E-state index is -0.862. The van der Waals surface area contributed by atoms with Crippen molar-refractivity contribution in [2.45, 2.75) is 44.6 Å². The number of hydrogen-bond donors (Lipinski definition) is 2. The predicted molar refractivity (Wildman–Crippen MR) is 121 cm³/mol. The number of rotatable bonds is 7. The molecule has 1 aromatic carbocycles. The second-order valence-corrected chi connectivity index (χ2v) is 8.44. The van der Waals surface area contributed by atoms with Gasteiger partial charge in [-0.2, -0.15) is 4.39 Å². The van der Waals surface area contributed by atoms with Crippen LogP contribution in [-0.2, 0) is 16.1 Å². The van der Waals surface area contributed by atoms with E-state index in [-0.39, 0.29) is 12.3 Å². The van der Waals surface area contributed by atoms with Crippen molar-refractivity contribution in [3.05, 3.63) is 83.1 Å². The molecule has 0 aliphatic heterocycles. The number of carbonyl (C=O) groups is 1. The molecule has 6 heteroatoms. The van der Waals surface area contributed by atoms with Crippen molar-refractivity contribution in [1.82, 2.24) is 0 Å². The van der Waals surface area contributed by atoms with Crippen molar-refractivity contribution in [3.8, 4) is 0 Å². The summed E-state index contributed by atoms with van der Waals surface area (Å²) >= 11 is 0. The second kappa shape index (κ2) is 10.0. The zero-order chi connectivity index (χ0) is 22.5. The number of furan rings is 1. The van der Waals surface area contributed by atoms with E-state index in [0.29, 0.717) is 31.1 Å². The van der Waals surface area contributed by atoms with Gasteiger partial charge in [0, 0.05) is 17.9 Å². The number of ether oxygens (including phenoxy) is 1. The van der Waals surface area contributed by atoms with Crippen LogP contribution >= 0.6 is 0 Å². The van der Waals surface area contributed by atoms with Crippen LogP contribution in [0.2, 0.25) is 0 Å². The second-order valence-electron chi connectivity index (χ2n) is 8.44. The van der Waals surface area contributed by atoms with Gasteiger partial charge in [0.05, 0.1) is 12.2 Å². The molecule has 0 amide bonds. The first kappa shape index (κ1) is 22.1. The molecular formula is C26H28FNO4. The quantitative estimate of drug-likeness (QED) is 0.540. The molecule has 0 bridgehead atoms. The molecule has 4 rings (SSSR count). The molecule has 5 nitrogen and oxygen atoms in total. The van der Waals surface area contributed by atoms with E-state index >= 15 is 0 Å². The number of aliphatic carboxylic acids is 1. The number of allylic oxidation sites excluding steroid dienone is 6. The molecule has 1 aromatic heterocycles. The number of hydrogen-bond acceptors (Lipinski definition) is 4. The standard InChI is InChI=1S/C26H28FNO4/c27-24-14-21-10-19(12-23(26(21)32-24)20-7-4-6-18(9-20)15-28)16-31-22-8-3-1-2-5-17(11-22)13-25(29)30/h1-2,4-6,8,10,12,14,18,20H,3,7,9,11,13,15-16,28H2,(H,29,30)/b2-1-,17-5+,22-8+. The highest BCUT2D eigenvalue weighted by atomic mass is 19.1. The Hall–Kier alpha value is -3.12. The van der Waals surface area contributed by atoms with Crippen molar-refractivity contribution in [3.63, 3.8) is 0 Å². The molecule has 0 saturated heterocycles. The number of halogens is 1. The van der Waals surface area contributed by atoms with Gasteiger partial charge in [-0.1, -0.05) is 36.0 Å². The van der Waals surface area contributed by atoms with Crippen LogP contribution in [0.1, 0.15) is 49.1 Å². The summed E-state index contributed by atoms with van der Waals surface area (Å²) in [5.41, 5.74) is 9.16. The maximum atomic E-state index is 13.9. The normalized spacial score (nSPS) is 25.3. The first-order valence-electron chi connectivity index (χ1n) is 11.0. The van der Waals surface area contributed by atoms with Gasteiger partial charge >= 0.3 is 5.97 Å². The minimum Gasteiger partial charge on any atom is -0.493 e. The molecule has 168 valence electrons. The summed E-state index contributed by atoms with van der Waals surface area (Å²) in [7, 11) is 0. The molecule has 1 heterocycles. The van der Waals surface area contributed by atoms with Crippen molar-refractivity contribution < 1.29 is 23.4 Å². The molecule has 0 saturated carbocycles. The lowest BCUT2D eigenvalue weighted by atomic mass is 9.81. The van der Waals surface area contributed by atoms with Crippen molar-refractivity contribution in [2.75, 3.05) is 6.54 Å². The molecule has 2 aliphatic rings. The molecule has 2 unspecified atom stereocenters. The lowest BCUT2D eigenvalue weighted by Gasteiger charge is -2.24. The lowest BCUT2D eigenvalue weighted by molar-refractivity contribution is -0.136. The van der Waals surface area contributed by atoms with E-state index in [1.54, 1.807) is 0 Å². The summed E-state index contributed by atoms with van der Waals surface area (Å²) in [6.07, 6.45) is 14.9. The van der Waals surface area contributed by atoms with Gasteiger partial charge in [0.2, 0.25) is 0 Å². The van der Waals surface area contributed by atoms with Crippen LogP contribution in [0.15, 0.2) is 70.4 Å². The topological polar surface area (TPSA) is 85.7 Å². The Morgan fingerprint density at radius 2 is 2.16 bits per heavy atom. The Morgan fingerprint density at radius 1 is 1.28 bits per heavy atom. The highest BCUT2D eigenvalue weighted by Crippen LogP contribution is 2.38. The van der Waals surface area contributed by atoms with Gasteiger partial charge in [-0.3, -0.25) is 4.79 Å². The van der Waals surface area contributed by atoms with Crippen molar-refractivity contribution >= 4 is 16.9 Å². The first-order chi connectivity index (χ1) is 15.5. The van der Waals surface area contributed by atoms with Crippen LogP contribution in [0, 0.1) is 11.9 Å². The van der Waals surface area contributed by atoms with Crippen molar-refractivity contribution in [1.29, 1.82) is 0 Å². The van der Waals surface area contributed by atoms with Crippen LogP contribution in [0.4, 0.5) is 4.39 Å². The van der Waals surface area contributed by atoms with E-state index < -0.39 is 12.0 Å². The lowest BCUT2D eigenvalue weighted by Crippen LogP contribution is -2.18. The summed E-state index contributed by atoms with van der Waals surface area (Å²) in [4.78, 5) is 11.1. The van der Waals surface area contributed by atoms with E-state index in [2.05, 4.69) is 12.2 Å². The smallest absolute Gasteiger partial charge is 0.307 e. The van der Waals surface area contributed by atoms with Crippen LogP contribution in [0.25, 0.3) is 11.0 Å². The molecule has 32 heavy (non-hydrogen) atoms. The van der Waals surface area contributed by atoms with Crippen LogP contribution in [-0.4, -0.2) is 17.6 Å². The van der Waals surface area contributed by atoms with E-state index in [1.165, 1.54) is 6.07 Å². The van der Waals surface area contributed by atoms with Crippen molar-refractivity contribution in [2.24, 2.45) is 11.7 Å². The molecule has 2 aliphatic carbocycles. The van der Waals surface area contributed by atoms with Crippen LogP contribution in [0.3, 0.4) is 0 Å². The Labute approximate surface area is 186 Å². The fourth-order valence-electron chi connectivity index (χ4n) is 4.44. The summed E-state index contributed by atoms with van der Waals surface area (Å²) in [5.74, 6) is 0.387. The molecule has 2 atom stereocenters. The summed E-state index contributed by atoms with van der Waals surface area (Å²) in [6, 6.07) is 4.75.